The molecule has 0 bridgehead atoms. The minimum absolute atomic E-state index is 0.0771. The molecule has 0 aliphatic rings. The molecule has 0 atom stereocenters. The van der Waals surface area contributed by atoms with Crippen molar-refractivity contribution in [3.8, 4) is 0 Å². The second kappa shape index (κ2) is 16.2. The van der Waals surface area contributed by atoms with Gasteiger partial charge in [-0.15, -0.1) is 0 Å². The summed E-state index contributed by atoms with van der Waals surface area (Å²) in [7, 11) is -1.46. The first-order valence-electron chi connectivity index (χ1n) is 9.06. The van der Waals surface area contributed by atoms with E-state index < -0.39 is 14.3 Å². The number of carboxylic acids is 1. The van der Waals surface area contributed by atoms with Crippen LogP contribution >= 0.6 is 0 Å². The third-order valence-electron chi connectivity index (χ3n) is 3.02. The molecule has 0 aromatic carbocycles. The van der Waals surface area contributed by atoms with Gasteiger partial charge in [-0.05, 0) is 32.5 Å². The van der Waals surface area contributed by atoms with E-state index in [9.17, 15) is 9.59 Å². The second-order valence-electron chi connectivity index (χ2n) is 6.62. The number of rotatable bonds is 18. The van der Waals surface area contributed by atoms with Gasteiger partial charge in [0, 0.05) is 12.8 Å². The molecule has 0 amide bonds. The SMILES string of the molecule is C[Si](C)(C)OCCOCCOCCOCCOC(=O)CCCCC(=O)O. The maximum absolute atomic E-state index is 11.4. The molecule has 1 N–H and O–H groups in total. The van der Waals surface area contributed by atoms with Gasteiger partial charge in [0.05, 0.1) is 46.2 Å². The van der Waals surface area contributed by atoms with Gasteiger partial charge >= 0.3 is 11.9 Å². The fourth-order valence-electron chi connectivity index (χ4n) is 1.78. The van der Waals surface area contributed by atoms with Crippen LogP contribution < -0.4 is 0 Å². The summed E-state index contributed by atoms with van der Waals surface area (Å²) in [4.78, 5) is 21.7. The van der Waals surface area contributed by atoms with Crippen LogP contribution in [0.4, 0.5) is 0 Å². The Morgan fingerprint density at radius 1 is 0.731 bits per heavy atom. The van der Waals surface area contributed by atoms with E-state index in [4.69, 9.17) is 28.5 Å². The van der Waals surface area contributed by atoms with Gasteiger partial charge in [-0.3, -0.25) is 9.59 Å². The molecule has 0 aliphatic heterocycles. The molecule has 0 saturated heterocycles. The average molecular weight is 395 g/mol. The van der Waals surface area contributed by atoms with Crippen LogP contribution in [0, 0.1) is 0 Å². The number of hydrogen-bond acceptors (Lipinski definition) is 7. The summed E-state index contributed by atoms with van der Waals surface area (Å²) in [5, 5.41) is 8.48. The van der Waals surface area contributed by atoms with Crippen molar-refractivity contribution in [3.05, 3.63) is 0 Å². The van der Waals surface area contributed by atoms with Crippen molar-refractivity contribution in [3.63, 3.8) is 0 Å². The largest absolute Gasteiger partial charge is 0.481 e. The highest BCUT2D eigenvalue weighted by Gasteiger charge is 2.13. The minimum Gasteiger partial charge on any atom is -0.481 e. The van der Waals surface area contributed by atoms with Gasteiger partial charge in [0.15, 0.2) is 8.32 Å². The topological polar surface area (TPSA) is 101 Å². The number of hydrogen-bond donors (Lipinski definition) is 1. The number of aliphatic carboxylic acids is 1. The van der Waals surface area contributed by atoms with Gasteiger partial charge < -0.3 is 28.5 Å². The van der Waals surface area contributed by atoms with Crippen molar-refractivity contribution >= 4 is 20.3 Å². The van der Waals surface area contributed by atoms with Gasteiger partial charge in [-0.2, -0.15) is 0 Å². The lowest BCUT2D eigenvalue weighted by Gasteiger charge is -2.16. The Labute approximate surface area is 157 Å². The van der Waals surface area contributed by atoms with Gasteiger partial charge in [0.2, 0.25) is 0 Å². The van der Waals surface area contributed by atoms with E-state index in [0.717, 1.165) is 0 Å². The highest BCUT2D eigenvalue weighted by Crippen LogP contribution is 2.02. The minimum atomic E-state index is -1.46. The summed E-state index contributed by atoms with van der Waals surface area (Å²) >= 11 is 0. The van der Waals surface area contributed by atoms with E-state index in [0.29, 0.717) is 59.1 Å². The second-order valence-corrected chi connectivity index (χ2v) is 11.1. The molecular weight excluding hydrogens is 360 g/mol. The zero-order valence-electron chi connectivity index (χ0n) is 16.3. The summed E-state index contributed by atoms with van der Waals surface area (Å²) in [5.74, 6) is -1.18. The zero-order chi connectivity index (χ0) is 19.7. The smallest absolute Gasteiger partial charge is 0.305 e. The molecule has 0 aromatic heterocycles. The fraction of sp³-hybridized carbons (Fsp3) is 0.882. The Morgan fingerprint density at radius 3 is 1.69 bits per heavy atom. The molecule has 0 unspecified atom stereocenters. The number of unbranched alkanes of at least 4 members (excludes halogenated alkanes) is 1. The average Bonchev–Trinajstić information content (AvgIpc) is 2.54. The molecule has 26 heavy (non-hydrogen) atoms. The summed E-state index contributed by atoms with van der Waals surface area (Å²) in [5.41, 5.74) is 0. The lowest BCUT2D eigenvalue weighted by Crippen LogP contribution is -2.27. The third kappa shape index (κ3) is 21.0. The summed E-state index contributed by atoms with van der Waals surface area (Å²) in [6.07, 6.45) is 1.31. The Hall–Kier alpha value is -1.00. The number of ether oxygens (including phenoxy) is 4. The normalized spacial score (nSPS) is 11.5. The van der Waals surface area contributed by atoms with Crippen LogP contribution in [-0.4, -0.2) is 78.2 Å². The summed E-state index contributed by atoms with van der Waals surface area (Å²) < 4.78 is 26.7. The molecule has 154 valence electrons. The summed E-state index contributed by atoms with van der Waals surface area (Å²) in [6.45, 7) is 10.0. The Morgan fingerprint density at radius 2 is 1.19 bits per heavy atom. The summed E-state index contributed by atoms with van der Waals surface area (Å²) in [6, 6.07) is 0. The number of carboxylic acid groups (broad SMARTS) is 1. The molecule has 8 nitrogen and oxygen atoms in total. The van der Waals surface area contributed by atoms with Crippen molar-refractivity contribution in [2.24, 2.45) is 0 Å². The van der Waals surface area contributed by atoms with E-state index in [-0.39, 0.29) is 25.4 Å². The lowest BCUT2D eigenvalue weighted by molar-refractivity contribution is -0.146. The number of carbonyl (C=O) groups excluding carboxylic acids is 1. The maximum atomic E-state index is 11.4. The van der Waals surface area contributed by atoms with Crippen molar-refractivity contribution in [1.82, 2.24) is 0 Å². The van der Waals surface area contributed by atoms with Crippen molar-refractivity contribution in [2.75, 3.05) is 52.9 Å². The van der Waals surface area contributed by atoms with Gasteiger partial charge in [-0.25, -0.2) is 0 Å². The predicted molar refractivity (Wildman–Crippen MR) is 98.8 cm³/mol. The van der Waals surface area contributed by atoms with E-state index in [1.165, 1.54) is 0 Å². The molecule has 0 saturated carbocycles. The lowest BCUT2D eigenvalue weighted by atomic mass is 10.2. The predicted octanol–water partition coefficient (Wildman–Crippen LogP) is 2.08. The highest BCUT2D eigenvalue weighted by molar-refractivity contribution is 6.69. The molecule has 0 fully saturated rings. The Kier molecular flexibility index (Phi) is 15.6. The van der Waals surface area contributed by atoms with Crippen molar-refractivity contribution < 1.29 is 38.1 Å². The third-order valence-corrected chi connectivity index (χ3v) is 4.09. The van der Waals surface area contributed by atoms with Gasteiger partial charge in [0.1, 0.15) is 6.61 Å². The van der Waals surface area contributed by atoms with Crippen LogP contribution in [0.2, 0.25) is 19.6 Å². The van der Waals surface area contributed by atoms with Crippen LogP contribution in [0.3, 0.4) is 0 Å². The zero-order valence-corrected chi connectivity index (χ0v) is 17.3. The molecule has 0 aliphatic carbocycles. The van der Waals surface area contributed by atoms with Crippen LogP contribution in [0.5, 0.6) is 0 Å². The standard InChI is InChI=1S/C17H34O8Si/c1-26(2,3)25-15-13-23-11-9-21-8-10-22-12-14-24-17(20)7-5-4-6-16(18)19/h4-15H2,1-3H3,(H,18,19). The van der Waals surface area contributed by atoms with Crippen LogP contribution in [-0.2, 0) is 33.0 Å². The first kappa shape index (κ1) is 25.0. The Balaban J connectivity index is 3.19. The molecule has 0 spiro atoms. The first-order valence-corrected chi connectivity index (χ1v) is 12.5. The molecule has 0 radical (unpaired) electrons. The quantitative estimate of drug-likeness (QED) is 0.214. The van der Waals surface area contributed by atoms with Crippen LogP contribution in [0.15, 0.2) is 0 Å². The molecule has 0 heterocycles. The van der Waals surface area contributed by atoms with E-state index in [2.05, 4.69) is 19.6 Å². The van der Waals surface area contributed by atoms with E-state index in [1.54, 1.807) is 0 Å². The van der Waals surface area contributed by atoms with Crippen LogP contribution in [0.25, 0.3) is 0 Å². The molecule has 0 aromatic rings. The highest BCUT2D eigenvalue weighted by atomic mass is 28.4. The molecular formula is C17H34O8Si. The number of carbonyl (C=O) groups is 2. The van der Waals surface area contributed by atoms with Gasteiger partial charge in [-0.1, -0.05) is 0 Å². The molecule has 9 heteroatoms. The van der Waals surface area contributed by atoms with E-state index >= 15 is 0 Å². The van der Waals surface area contributed by atoms with Gasteiger partial charge in [0.25, 0.3) is 0 Å². The monoisotopic (exact) mass is 394 g/mol. The fourth-order valence-corrected chi connectivity index (χ4v) is 2.48. The van der Waals surface area contributed by atoms with Crippen molar-refractivity contribution in [2.45, 2.75) is 45.3 Å². The maximum Gasteiger partial charge on any atom is 0.305 e. The first-order chi connectivity index (χ1) is 12.3. The van der Waals surface area contributed by atoms with E-state index in [1.807, 2.05) is 0 Å². The molecule has 0 rings (SSSR count). The van der Waals surface area contributed by atoms with Crippen molar-refractivity contribution in [1.29, 1.82) is 0 Å². The number of esters is 1. The Bertz CT molecular complexity index is 370. The van der Waals surface area contributed by atoms with Crippen LogP contribution in [0.1, 0.15) is 25.7 Å².